The number of amides is 2. The van der Waals surface area contributed by atoms with Crippen molar-refractivity contribution < 1.29 is 18.0 Å². The third-order valence-electron chi connectivity index (χ3n) is 5.17. The maximum absolute atomic E-state index is 13.5. The van der Waals surface area contributed by atoms with E-state index in [2.05, 4.69) is 5.32 Å². The lowest BCUT2D eigenvalue weighted by Gasteiger charge is -2.32. The number of sulfonamides is 1. The number of hydrogen-bond acceptors (Lipinski definition) is 4. The van der Waals surface area contributed by atoms with Crippen molar-refractivity contribution in [1.82, 2.24) is 10.2 Å². The Balaban J connectivity index is 2.42. The lowest BCUT2D eigenvalue weighted by molar-refractivity contribution is -0.140. The lowest BCUT2D eigenvalue weighted by atomic mass is 10.1. The van der Waals surface area contributed by atoms with Gasteiger partial charge < -0.3 is 10.2 Å². The fourth-order valence-corrected chi connectivity index (χ4v) is 4.39. The molecule has 2 rings (SSSR count). The number of rotatable bonds is 10. The molecular formula is C24H33N3O4S. The van der Waals surface area contributed by atoms with E-state index in [0.29, 0.717) is 18.7 Å². The van der Waals surface area contributed by atoms with Crippen LogP contribution in [0.3, 0.4) is 0 Å². The van der Waals surface area contributed by atoms with Crippen LogP contribution in [0.4, 0.5) is 5.69 Å². The smallest absolute Gasteiger partial charge is 0.244 e. The van der Waals surface area contributed by atoms with Gasteiger partial charge in [-0.05, 0) is 44.9 Å². The van der Waals surface area contributed by atoms with Gasteiger partial charge in [-0.3, -0.25) is 13.9 Å². The van der Waals surface area contributed by atoms with Gasteiger partial charge in [0.15, 0.2) is 0 Å². The van der Waals surface area contributed by atoms with E-state index in [4.69, 9.17) is 0 Å². The van der Waals surface area contributed by atoms with E-state index < -0.39 is 22.0 Å². The Morgan fingerprint density at radius 1 is 1.00 bits per heavy atom. The summed E-state index contributed by atoms with van der Waals surface area (Å²) in [6, 6.07) is 14.0. The van der Waals surface area contributed by atoms with Gasteiger partial charge in [-0.2, -0.15) is 0 Å². The first-order chi connectivity index (χ1) is 15.1. The third-order valence-corrected chi connectivity index (χ3v) is 6.31. The molecule has 1 N–H and O–H groups in total. The highest BCUT2D eigenvalue weighted by molar-refractivity contribution is 7.92. The van der Waals surface area contributed by atoms with Gasteiger partial charge in [0.1, 0.15) is 12.6 Å². The molecule has 0 radical (unpaired) electrons. The largest absolute Gasteiger partial charge is 0.355 e. The van der Waals surface area contributed by atoms with Crippen molar-refractivity contribution in [2.75, 3.05) is 23.7 Å². The molecule has 0 saturated heterocycles. The molecular weight excluding hydrogens is 426 g/mol. The van der Waals surface area contributed by atoms with Gasteiger partial charge in [-0.1, -0.05) is 54.4 Å². The normalized spacial score (nSPS) is 12.2. The molecule has 174 valence electrons. The van der Waals surface area contributed by atoms with E-state index in [1.165, 1.54) is 4.90 Å². The first-order valence-electron chi connectivity index (χ1n) is 10.7. The Labute approximate surface area is 191 Å². The zero-order valence-electron chi connectivity index (χ0n) is 19.5. The Hall–Kier alpha value is -2.87. The number of aryl methyl sites for hydroxylation is 2. The maximum atomic E-state index is 13.5. The number of nitrogens with zero attached hydrogens (tertiary/aromatic N) is 2. The van der Waals surface area contributed by atoms with Crippen molar-refractivity contribution in [2.24, 2.45) is 0 Å². The van der Waals surface area contributed by atoms with Gasteiger partial charge in [0.25, 0.3) is 0 Å². The van der Waals surface area contributed by atoms with Crippen molar-refractivity contribution in [1.29, 1.82) is 0 Å². The second-order valence-electron chi connectivity index (χ2n) is 7.93. The Morgan fingerprint density at radius 2 is 1.66 bits per heavy atom. The van der Waals surface area contributed by atoms with E-state index >= 15 is 0 Å². The minimum atomic E-state index is -3.72. The molecule has 0 aliphatic carbocycles. The molecule has 0 fully saturated rings. The fourth-order valence-electron chi connectivity index (χ4n) is 3.54. The number of carbonyl (C=O) groups is 2. The molecule has 0 heterocycles. The standard InChI is InChI=1S/C24H33N3O4S/c1-6-22(24(29)25-7-2)26(16-20-10-8-9-19(4)15-20)23(28)17-27(32(5,30)31)21-13-11-18(3)12-14-21/h8-15,22H,6-7,16-17H2,1-5H3,(H,25,29)/t22-/m0/s1. The molecule has 2 aromatic rings. The molecule has 0 unspecified atom stereocenters. The highest BCUT2D eigenvalue weighted by atomic mass is 32.2. The van der Waals surface area contributed by atoms with Crippen molar-refractivity contribution in [2.45, 2.75) is 46.7 Å². The molecule has 0 aliphatic heterocycles. The van der Waals surface area contributed by atoms with Crippen LogP contribution in [0.2, 0.25) is 0 Å². The van der Waals surface area contributed by atoms with Crippen LogP contribution in [-0.2, 0) is 26.2 Å². The van der Waals surface area contributed by atoms with Crippen LogP contribution in [-0.4, -0.2) is 50.5 Å². The lowest BCUT2D eigenvalue weighted by Crippen LogP contribution is -2.52. The molecule has 0 saturated carbocycles. The summed E-state index contributed by atoms with van der Waals surface area (Å²) in [5, 5.41) is 2.79. The van der Waals surface area contributed by atoms with Crippen molar-refractivity contribution in [3.05, 3.63) is 65.2 Å². The summed E-state index contributed by atoms with van der Waals surface area (Å²) in [4.78, 5) is 27.7. The van der Waals surface area contributed by atoms with Gasteiger partial charge in [-0.15, -0.1) is 0 Å². The summed E-state index contributed by atoms with van der Waals surface area (Å²) in [6.45, 7) is 7.79. The fraction of sp³-hybridized carbons (Fsp3) is 0.417. The van der Waals surface area contributed by atoms with Gasteiger partial charge in [0, 0.05) is 13.1 Å². The molecule has 7 nitrogen and oxygen atoms in total. The second-order valence-corrected chi connectivity index (χ2v) is 9.84. The molecule has 1 atom stereocenters. The predicted molar refractivity (Wildman–Crippen MR) is 128 cm³/mol. The Bertz CT molecular complexity index is 1040. The van der Waals surface area contributed by atoms with Crippen LogP contribution in [0.15, 0.2) is 48.5 Å². The van der Waals surface area contributed by atoms with E-state index in [1.807, 2.05) is 52.0 Å². The van der Waals surface area contributed by atoms with Crippen LogP contribution < -0.4 is 9.62 Å². The highest BCUT2D eigenvalue weighted by Gasteiger charge is 2.31. The van der Waals surface area contributed by atoms with Crippen LogP contribution in [0, 0.1) is 13.8 Å². The number of nitrogens with one attached hydrogen (secondary N) is 1. The minimum absolute atomic E-state index is 0.210. The van der Waals surface area contributed by atoms with E-state index in [-0.39, 0.29) is 19.0 Å². The SMILES string of the molecule is CCNC(=O)[C@H](CC)N(Cc1cccc(C)c1)C(=O)CN(c1ccc(C)cc1)S(C)(=O)=O. The van der Waals surface area contributed by atoms with Crippen LogP contribution in [0.5, 0.6) is 0 Å². The summed E-state index contributed by atoms with van der Waals surface area (Å²) in [5.74, 6) is -0.687. The predicted octanol–water partition coefficient (Wildman–Crippen LogP) is 3.01. The summed E-state index contributed by atoms with van der Waals surface area (Å²) >= 11 is 0. The third kappa shape index (κ3) is 6.82. The Morgan fingerprint density at radius 3 is 2.19 bits per heavy atom. The van der Waals surface area contributed by atoms with Crippen molar-refractivity contribution in [3.63, 3.8) is 0 Å². The number of carbonyl (C=O) groups excluding carboxylic acids is 2. The average Bonchev–Trinajstić information content (AvgIpc) is 2.72. The van der Waals surface area contributed by atoms with Crippen molar-refractivity contribution in [3.8, 4) is 0 Å². The van der Waals surface area contributed by atoms with E-state index in [0.717, 1.165) is 27.3 Å². The van der Waals surface area contributed by atoms with Crippen molar-refractivity contribution >= 4 is 27.5 Å². The summed E-state index contributed by atoms with van der Waals surface area (Å²) in [7, 11) is -3.72. The first kappa shape index (κ1) is 25.4. The van der Waals surface area contributed by atoms with Crippen LogP contribution >= 0.6 is 0 Å². The maximum Gasteiger partial charge on any atom is 0.244 e. The summed E-state index contributed by atoms with van der Waals surface area (Å²) in [5.41, 5.74) is 3.31. The molecule has 8 heteroatoms. The quantitative estimate of drug-likeness (QED) is 0.592. The molecule has 2 aromatic carbocycles. The summed E-state index contributed by atoms with van der Waals surface area (Å²) in [6.07, 6.45) is 1.49. The molecule has 0 spiro atoms. The molecule has 0 aliphatic rings. The zero-order valence-corrected chi connectivity index (χ0v) is 20.3. The van der Waals surface area contributed by atoms with E-state index in [9.17, 15) is 18.0 Å². The number of anilines is 1. The average molecular weight is 460 g/mol. The van der Waals surface area contributed by atoms with Gasteiger partial charge in [-0.25, -0.2) is 8.42 Å². The van der Waals surface area contributed by atoms with Gasteiger partial charge in [0.05, 0.1) is 11.9 Å². The number of hydrogen-bond donors (Lipinski definition) is 1. The first-order valence-corrected chi connectivity index (χ1v) is 12.6. The molecule has 2 amide bonds. The van der Waals surface area contributed by atoms with Gasteiger partial charge in [0.2, 0.25) is 21.8 Å². The monoisotopic (exact) mass is 459 g/mol. The second kappa shape index (κ2) is 11.1. The molecule has 0 bridgehead atoms. The Kier molecular flexibility index (Phi) is 8.83. The molecule has 0 aromatic heterocycles. The van der Waals surface area contributed by atoms with E-state index in [1.54, 1.807) is 24.3 Å². The summed E-state index contributed by atoms with van der Waals surface area (Å²) < 4.78 is 26.1. The number of benzene rings is 2. The number of likely N-dealkylation sites (N-methyl/N-ethyl adjacent to an activating group) is 1. The van der Waals surface area contributed by atoms with Crippen LogP contribution in [0.1, 0.15) is 37.0 Å². The van der Waals surface area contributed by atoms with Crippen LogP contribution in [0.25, 0.3) is 0 Å². The topological polar surface area (TPSA) is 86.8 Å². The minimum Gasteiger partial charge on any atom is -0.355 e. The zero-order chi connectivity index (χ0) is 23.9. The molecule has 32 heavy (non-hydrogen) atoms. The highest BCUT2D eigenvalue weighted by Crippen LogP contribution is 2.20. The van der Waals surface area contributed by atoms with Gasteiger partial charge >= 0.3 is 0 Å².